The van der Waals surface area contributed by atoms with E-state index in [1.165, 1.54) is 24.3 Å². The summed E-state index contributed by atoms with van der Waals surface area (Å²) in [6.45, 7) is -0.446. The van der Waals surface area contributed by atoms with Crippen LogP contribution in [0.2, 0.25) is 0 Å². The number of aliphatic hydroxyl groups excluding tert-OH is 3. The number of nitrogens with zero attached hydrogens (tertiary/aromatic N) is 1. The summed E-state index contributed by atoms with van der Waals surface area (Å²) in [7, 11) is 0. The molecule has 8 heteroatoms. The van der Waals surface area contributed by atoms with Gasteiger partial charge >= 0.3 is 0 Å². The first-order valence-electron chi connectivity index (χ1n) is 5.56. The van der Waals surface area contributed by atoms with Crippen molar-refractivity contribution in [2.75, 3.05) is 6.61 Å². The van der Waals surface area contributed by atoms with Crippen LogP contribution in [0.1, 0.15) is 0 Å². The number of nitro benzene ring substituents is 1. The zero-order chi connectivity index (χ0) is 14.0. The number of hydrogen-bond acceptors (Lipinski definition) is 7. The smallest absolute Gasteiger partial charge is 0.269 e. The van der Waals surface area contributed by atoms with Crippen LogP contribution in [-0.2, 0) is 4.74 Å². The van der Waals surface area contributed by atoms with E-state index in [0.29, 0.717) is 0 Å². The summed E-state index contributed by atoms with van der Waals surface area (Å²) in [4.78, 5) is 9.93. The van der Waals surface area contributed by atoms with E-state index in [-0.39, 0.29) is 11.4 Å². The highest BCUT2D eigenvalue weighted by atomic mass is 16.7. The molecule has 0 aromatic heterocycles. The van der Waals surface area contributed by atoms with Crippen molar-refractivity contribution < 1.29 is 29.7 Å². The number of nitro groups is 1. The zero-order valence-electron chi connectivity index (χ0n) is 9.75. The van der Waals surface area contributed by atoms with Gasteiger partial charge in [-0.25, -0.2) is 0 Å². The molecule has 1 aliphatic heterocycles. The van der Waals surface area contributed by atoms with Gasteiger partial charge in [-0.2, -0.15) is 0 Å². The molecule has 0 aliphatic carbocycles. The van der Waals surface area contributed by atoms with Gasteiger partial charge in [-0.05, 0) is 12.1 Å². The molecule has 0 radical (unpaired) electrons. The number of aliphatic hydroxyl groups is 3. The molecule has 1 aromatic rings. The standard InChI is InChI=1S/C11H13NO7/c13-5-8-9(14)10(15)11(19-8)18-7-3-1-6(2-4-7)12(16)17/h1-4,8-11,13-15H,5H2/t8-,9+,10-,11?/m1/s1. The predicted octanol–water partition coefficient (Wildman–Crippen LogP) is -0.587. The molecule has 1 saturated heterocycles. The Morgan fingerprint density at radius 1 is 1.26 bits per heavy atom. The van der Waals surface area contributed by atoms with E-state index in [4.69, 9.17) is 14.6 Å². The molecular weight excluding hydrogens is 258 g/mol. The average molecular weight is 271 g/mol. The van der Waals surface area contributed by atoms with Crippen molar-refractivity contribution in [3.8, 4) is 5.75 Å². The maximum Gasteiger partial charge on any atom is 0.269 e. The predicted molar refractivity (Wildman–Crippen MR) is 61.5 cm³/mol. The SMILES string of the molecule is O=[N+]([O-])c1ccc(OC2O[C@H](CO)[C@H](O)[C@H]2O)cc1. The third kappa shape index (κ3) is 2.82. The van der Waals surface area contributed by atoms with Gasteiger partial charge in [-0.3, -0.25) is 10.1 Å². The van der Waals surface area contributed by atoms with Gasteiger partial charge < -0.3 is 24.8 Å². The second-order valence-corrected chi connectivity index (χ2v) is 4.08. The van der Waals surface area contributed by atoms with Crippen molar-refractivity contribution >= 4 is 5.69 Å². The van der Waals surface area contributed by atoms with Crippen LogP contribution in [-0.4, -0.2) is 51.5 Å². The monoisotopic (exact) mass is 271 g/mol. The molecule has 1 fully saturated rings. The van der Waals surface area contributed by atoms with Crippen molar-refractivity contribution in [3.05, 3.63) is 34.4 Å². The molecule has 1 unspecified atom stereocenters. The van der Waals surface area contributed by atoms with Crippen LogP contribution in [0.5, 0.6) is 5.75 Å². The topological polar surface area (TPSA) is 122 Å². The molecule has 0 saturated carbocycles. The molecule has 0 bridgehead atoms. The van der Waals surface area contributed by atoms with Crippen LogP contribution in [0.25, 0.3) is 0 Å². The lowest BCUT2D eigenvalue weighted by molar-refractivity contribution is -0.384. The molecule has 1 aliphatic rings. The lowest BCUT2D eigenvalue weighted by Crippen LogP contribution is -2.35. The molecule has 104 valence electrons. The molecule has 1 aromatic carbocycles. The highest BCUT2D eigenvalue weighted by molar-refractivity contribution is 5.36. The van der Waals surface area contributed by atoms with Gasteiger partial charge in [0.15, 0.2) is 0 Å². The first-order valence-corrected chi connectivity index (χ1v) is 5.56. The van der Waals surface area contributed by atoms with Crippen LogP contribution in [0.15, 0.2) is 24.3 Å². The number of rotatable bonds is 4. The minimum absolute atomic E-state index is 0.0893. The van der Waals surface area contributed by atoms with E-state index in [9.17, 15) is 20.3 Å². The van der Waals surface area contributed by atoms with Crippen LogP contribution >= 0.6 is 0 Å². The minimum atomic E-state index is -1.30. The van der Waals surface area contributed by atoms with Crippen molar-refractivity contribution in [2.24, 2.45) is 0 Å². The van der Waals surface area contributed by atoms with Crippen LogP contribution < -0.4 is 4.74 Å². The summed E-state index contributed by atoms with van der Waals surface area (Å²) >= 11 is 0. The maximum atomic E-state index is 10.5. The van der Waals surface area contributed by atoms with E-state index in [2.05, 4.69) is 0 Å². The fraction of sp³-hybridized carbons (Fsp3) is 0.455. The largest absolute Gasteiger partial charge is 0.462 e. The van der Waals surface area contributed by atoms with E-state index in [0.717, 1.165) is 0 Å². The Labute approximate surface area is 108 Å². The Balaban J connectivity index is 2.03. The van der Waals surface area contributed by atoms with Crippen molar-refractivity contribution in [2.45, 2.75) is 24.6 Å². The lowest BCUT2D eigenvalue weighted by Gasteiger charge is -2.16. The second kappa shape index (κ2) is 5.49. The summed E-state index contributed by atoms with van der Waals surface area (Å²) < 4.78 is 10.4. The van der Waals surface area contributed by atoms with E-state index >= 15 is 0 Å². The van der Waals surface area contributed by atoms with Crippen LogP contribution in [0.3, 0.4) is 0 Å². The zero-order valence-corrected chi connectivity index (χ0v) is 9.75. The van der Waals surface area contributed by atoms with Gasteiger partial charge in [-0.1, -0.05) is 0 Å². The van der Waals surface area contributed by atoms with E-state index in [1.54, 1.807) is 0 Å². The van der Waals surface area contributed by atoms with Crippen LogP contribution in [0, 0.1) is 10.1 Å². The van der Waals surface area contributed by atoms with Crippen LogP contribution in [0.4, 0.5) is 5.69 Å². The highest BCUT2D eigenvalue weighted by Gasteiger charge is 2.43. The lowest BCUT2D eigenvalue weighted by atomic mass is 10.1. The maximum absolute atomic E-state index is 10.5. The molecule has 0 amide bonds. The summed E-state index contributed by atoms with van der Waals surface area (Å²) in [5.41, 5.74) is -0.0893. The summed E-state index contributed by atoms with van der Waals surface area (Å²) in [5.74, 6) is 0.250. The fourth-order valence-electron chi connectivity index (χ4n) is 1.74. The van der Waals surface area contributed by atoms with Gasteiger partial charge in [0.05, 0.1) is 11.5 Å². The summed E-state index contributed by atoms with van der Waals surface area (Å²) in [5, 5.41) is 38.5. The molecule has 4 atom stereocenters. The molecule has 8 nitrogen and oxygen atoms in total. The van der Waals surface area contributed by atoms with Gasteiger partial charge in [0.2, 0.25) is 6.29 Å². The normalized spacial score (nSPS) is 30.3. The molecule has 1 heterocycles. The Bertz CT molecular complexity index is 449. The Morgan fingerprint density at radius 3 is 2.37 bits per heavy atom. The fourth-order valence-corrected chi connectivity index (χ4v) is 1.74. The molecule has 3 N–H and O–H groups in total. The summed E-state index contributed by atoms with van der Waals surface area (Å²) in [6, 6.07) is 5.20. The van der Waals surface area contributed by atoms with Gasteiger partial charge in [-0.15, -0.1) is 0 Å². The highest BCUT2D eigenvalue weighted by Crippen LogP contribution is 2.25. The molecule has 19 heavy (non-hydrogen) atoms. The number of non-ortho nitro benzene ring substituents is 1. The number of benzene rings is 1. The average Bonchev–Trinajstić information content (AvgIpc) is 2.67. The molecule has 0 spiro atoms. The summed E-state index contributed by atoms with van der Waals surface area (Å²) in [6.07, 6.45) is -4.59. The minimum Gasteiger partial charge on any atom is -0.462 e. The number of hydrogen-bond donors (Lipinski definition) is 3. The third-order valence-corrected chi connectivity index (χ3v) is 2.80. The van der Waals surface area contributed by atoms with Crippen molar-refractivity contribution in [3.63, 3.8) is 0 Å². The third-order valence-electron chi connectivity index (χ3n) is 2.80. The molecular formula is C11H13NO7. The van der Waals surface area contributed by atoms with Gasteiger partial charge in [0.25, 0.3) is 5.69 Å². The van der Waals surface area contributed by atoms with Gasteiger partial charge in [0.1, 0.15) is 24.1 Å². The van der Waals surface area contributed by atoms with E-state index in [1.807, 2.05) is 0 Å². The Morgan fingerprint density at radius 2 is 1.89 bits per heavy atom. The number of ether oxygens (including phenoxy) is 2. The van der Waals surface area contributed by atoms with Crippen molar-refractivity contribution in [1.82, 2.24) is 0 Å². The first kappa shape index (κ1) is 13.7. The Hall–Kier alpha value is -1.74. The molecule has 2 rings (SSSR count). The second-order valence-electron chi connectivity index (χ2n) is 4.08. The first-order chi connectivity index (χ1) is 9.02. The Kier molecular flexibility index (Phi) is 3.96. The van der Waals surface area contributed by atoms with Gasteiger partial charge in [0, 0.05) is 12.1 Å². The van der Waals surface area contributed by atoms with E-state index < -0.39 is 36.1 Å². The quantitative estimate of drug-likeness (QED) is 0.494. The van der Waals surface area contributed by atoms with Crippen molar-refractivity contribution in [1.29, 1.82) is 0 Å².